The number of carboxylic acid groups (broad SMARTS) is 1. The lowest BCUT2D eigenvalue weighted by atomic mass is 10.3. The molecule has 1 N–H and O–H groups in total. The molecule has 0 atom stereocenters. The molecule has 0 aliphatic heterocycles. The molecule has 2 rings (SSSR count). The van der Waals surface area contributed by atoms with Crippen LogP contribution in [0.2, 0.25) is 5.02 Å². The van der Waals surface area contributed by atoms with E-state index in [4.69, 9.17) is 21.4 Å². The van der Waals surface area contributed by atoms with Gasteiger partial charge in [-0.05, 0) is 30.3 Å². The number of aliphatic carboxylic acids is 1. The van der Waals surface area contributed by atoms with E-state index < -0.39 is 5.97 Å². The Labute approximate surface area is 120 Å². The van der Waals surface area contributed by atoms with Crippen LogP contribution in [0.3, 0.4) is 0 Å². The van der Waals surface area contributed by atoms with Gasteiger partial charge in [-0.15, -0.1) is 0 Å². The van der Waals surface area contributed by atoms with Crippen LogP contribution < -0.4 is 4.74 Å². The monoisotopic (exact) mass is 290 g/mol. The molecule has 1 heterocycles. The Balaban J connectivity index is 1.93. The Morgan fingerprint density at radius 2 is 1.90 bits per heavy atom. The second kappa shape index (κ2) is 6.68. The summed E-state index contributed by atoms with van der Waals surface area (Å²) in [6, 6.07) is 6.98. The van der Waals surface area contributed by atoms with Crippen molar-refractivity contribution >= 4 is 23.6 Å². The molecule has 0 saturated carbocycles. The highest BCUT2D eigenvalue weighted by Crippen LogP contribution is 2.16. The number of carboxylic acids is 1. The third kappa shape index (κ3) is 4.37. The van der Waals surface area contributed by atoms with Crippen molar-refractivity contribution in [2.24, 2.45) is 0 Å². The van der Waals surface area contributed by atoms with Crippen LogP contribution in [-0.4, -0.2) is 21.0 Å². The van der Waals surface area contributed by atoms with E-state index in [1.54, 1.807) is 24.3 Å². The van der Waals surface area contributed by atoms with Gasteiger partial charge in [-0.3, -0.25) is 0 Å². The molecule has 0 saturated heterocycles. The maximum atomic E-state index is 10.4. The van der Waals surface area contributed by atoms with Crippen LogP contribution in [0, 0.1) is 0 Å². The van der Waals surface area contributed by atoms with Gasteiger partial charge in [-0.1, -0.05) is 11.6 Å². The minimum Gasteiger partial charge on any atom is -0.486 e. The minimum atomic E-state index is -1.01. The molecular weight excluding hydrogens is 280 g/mol. The summed E-state index contributed by atoms with van der Waals surface area (Å²) in [6.45, 7) is 0.227. The molecule has 6 heteroatoms. The fourth-order valence-corrected chi connectivity index (χ4v) is 1.50. The van der Waals surface area contributed by atoms with Crippen molar-refractivity contribution in [1.29, 1.82) is 0 Å². The number of nitrogens with zero attached hydrogens (tertiary/aromatic N) is 2. The highest BCUT2D eigenvalue weighted by Gasteiger charge is 1.99. The Morgan fingerprint density at radius 1 is 1.25 bits per heavy atom. The van der Waals surface area contributed by atoms with Crippen molar-refractivity contribution in [3.8, 4) is 5.75 Å². The summed E-state index contributed by atoms with van der Waals surface area (Å²) in [6.07, 6.45) is 5.52. The Bertz CT molecular complexity index is 609. The van der Waals surface area contributed by atoms with E-state index in [0.717, 1.165) is 6.08 Å². The summed E-state index contributed by atoms with van der Waals surface area (Å²) in [5, 5.41) is 9.14. The van der Waals surface area contributed by atoms with E-state index in [1.165, 1.54) is 18.5 Å². The molecule has 0 fully saturated rings. The van der Waals surface area contributed by atoms with Crippen LogP contribution in [0.15, 0.2) is 42.7 Å². The summed E-state index contributed by atoms with van der Waals surface area (Å²) >= 11 is 5.77. The van der Waals surface area contributed by atoms with Crippen molar-refractivity contribution in [2.75, 3.05) is 0 Å². The maximum Gasteiger partial charge on any atom is 0.328 e. The quantitative estimate of drug-likeness (QED) is 0.857. The van der Waals surface area contributed by atoms with Gasteiger partial charge in [0.2, 0.25) is 0 Å². The van der Waals surface area contributed by atoms with Gasteiger partial charge in [-0.2, -0.15) is 0 Å². The molecule has 0 amide bonds. The first-order valence-electron chi connectivity index (χ1n) is 5.74. The van der Waals surface area contributed by atoms with Gasteiger partial charge in [0.25, 0.3) is 0 Å². The Hall–Kier alpha value is -2.40. The average molecular weight is 291 g/mol. The van der Waals surface area contributed by atoms with E-state index >= 15 is 0 Å². The van der Waals surface area contributed by atoms with E-state index in [1.807, 2.05) is 0 Å². The van der Waals surface area contributed by atoms with Gasteiger partial charge >= 0.3 is 5.97 Å². The largest absolute Gasteiger partial charge is 0.486 e. The molecule has 2 aromatic rings. The third-order valence-corrected chi connectivity index (χ3v) is 2.58. The molecule has 1 aromatic heterocycles. The van der Waals surface area contributed by atoms with Crippen LogP contribution in [0.25, 0.3) is 6.08 Å². The normalized spacial score (nSPS) is 10.7. The maximum absolute atomic E-state index is 10.4. The van der Waals surface area contributed by atoms with Crippen LogP contribution >= 0.6 is 11.6 Å². The predicted molar refractivity (Wildman–Crippen MR) is 74.5 cm³/mol. The van der Waals surface area contributed by atoms with Crippen LogP contribution in [-0.2, 0) is 11.4 Å². The molecule has 0 radical (unpaired) electrons. The van der Waals surface area contributed by atoms with E-state index in [-0.39, 0.29) is 6.61 Å². The van der Waals surface area contributed by atoms with Gasteiger partial charge in [0.05, 0.1) is 0 Å². The summed E-state index contributed by atoms with van der Waals surface area (Å²) in [5.74, 6) is 0.167. The molecule has 1 aromatic carbocycles. The van der Waals surface area contributed by atoms with Gasteiger partial charge < -0.3 is 9.84 Å². The van der Waals surface area contributed by atoms with Crippen LogP contribution in [0.5, 0.6) is 5.75 Å². The number of hydrogen-bond donors (Lipinski definition) is 1. The van der Waals surface area contributed by atoms with Gasteiger partial charge in [0, 0.05) is 29.1 Å². The first kappa shape index (κ1) is 14.0. The fourth-order valence-electron chi connectivity index (χ4n) is 1.37. The van der Waals surface area contributed by atoms with E-state index in [2.05, 4.69) is 9.97 Å². The standard InChI is InChI=1S/C14H11ClN2O3/c15-11-2-4-12(5-3-11)20-9-13-16-7-10(8-17-13)1-6-14(18)19/h1-8H,9H2,(H,18,19)/b6-1+. The molecule has 0 unspecified atom stereocenters. The number of hydrogen-bond acceptors (Lipinski definition) is 4. The number of aromatic nitrogens is 2. The lowest BCUT2D eigenvalue weighted by Crippen LogP contribution is -2.01. The Kier molecular flexibility index (Phi) is 4.68. The minimum absolute atomic E-state index is 0.227. The molecule has 0 bridgehead atoms. The van der Waals surface area contributed by atoms with Crippen molar-refractivity contribution < 1.29 is 14.6 Å². The topological polar surface area (TPSA) is 72.3 Å². The summed E-state index contributed by atoms with van der Waals surface area (Å²) < 4.78 is 5.49. The fraction of sp³-hybridized carbons (Fsp3) is 0.0714. The molecule has 0 spiro atoms. The first-order valence-corrected chi connectivity index (χ1v) is 6.11. The highest BCUT2D eigenvalue weighted by molar-refractivity contribution is 6.30. The van der Waals surface area contributed by atoms with Crippen molar-refractivity contribution in [3.05, 3.63) is 59.1 Å². The van der Waals surface area contributed by atoms with E-state index in [0.29, 0.717) is 22.2 Å². The van der Waals surface area contributed by atoms with Gasteiger partial charge in [0.1, 0.15) is 12.4 Å². The molecular formula is C14H11ClN2O3. The summed E-state index contributed by atoms with van der Waals surface area (Å²) in [4.78, 5) is 18.5. The van der Waals surface area contributed by atoms with Crippen molar-refractivity contribution in [2.45, 2.75) is 6.61 Å². The van der Waals surface area contributed by atoms with Crippen LogP contribution in [0.4, 0.5) is 0 Å². The Morgan fingerprint density at radius 3 is 2.50 bits per heavy atom. The zero-order chi connectivity index (χ0) is 14.4. The molecule has 102 valence electrons. The SMILES string of the molecule is O=C(O)/C=C/c1cnc(COc2ccc(Cl)cc2)nc1. The second-order valence-corrected chi connectivity index (χ2v) is 4.28. The highest BCUT2D eigenvalue weighted by atomic mass is 35.5. The molecule has 5 nitrogen and oxygen atoms in total. The van der Waals surface area contributed by atoms with Crippen LogP contribution in [0.1, 0.15) is 11.4 Å². The lowest BCUT2D eigenvalue weighted by Gasteiger charge is -2.05. The summed E-state index contributed by atoms with van der Waals surface area (Å²) in [5.41, 5.74) is 0.614. The third-order valence-electron chi connectivity index (χ3n) is 2.33. The number of rotatable bonds is 5. The molecule has 20 heavy (non-hydrogen) atoms. The second-order valence-electron chi connectivity index (χ2n) is 3.85. The lowest BCUT2D eigenvalue weighted by molar-refractivity contribution is -0.131. The summed E-state index contributed by atoms with van der Waals surface area (Å²) in [7, 11) is 0. The molecule has 0 aliphatic rings. The van der Waals surface area contributed by atoms with Crippen molar-refractivity contribution in [3.63, 3.8) is 0 Å². The van der Waals surface area contributed by atoms with Gasteiger partial charge in [0.15, 0.2) is 5.82 Å². The average Bonchev–Trinajstić information content (AvgIpc) is 2.45. The first-order chi connectivity index (χ1) is 9.63. The predicted octanol–water partition coefficient (Wildman–Crippen LogP) is 2.81. The zero-order valence-electron chi connectivity index (χ0n) is 10.4. The number of carbonyl (C=O) groups is 1. The van der Waals surface area contributed by atoms with Gasteiger partial charge in [-0.25, -0.2) is 14.8 Å². The number of halogens is 1. The number of benzene rings is 1. The van der Waals surface area contributed by atoms with E-state index in [9.17, 15) is 4.79 Å². The number of ether oxygens (including phenoxy) is 1. The smallest absolute Gasteiger partial charge is 0.328 e. The zero-order valence-corrected chi connectivity index (χ0v) is 11.1. The molecule has 0 aliphatic carbocycles. The van der Waals surface area contributed by atoms with Crippen molar-refractivity contribution in [1.82, 2.24) is 9.97 Å².